The Balaban J connectivity index is 2.00. The highest BCUT2D eigenvalue weighted by molar-refractivity contribution is 5.79. The van der Waals surface area contributed by atoms with E-state index in [1.54, 1.807) is 11.6 Å². The molecule has 7 heteroatoms. The van der Waals surface area contributed by atoms with Gasteiger partial charge in [0.05, 0.1) is 12.2 Å². The standard InChI is InChI=1S/C12H17N5O2/c1-7-5-8(2)17(14-7)10(4)12(18)13-6-11-9(3)15-19-16-11/h5,10H,6H2,1-4H3,(H,13,18)/t10-/m0/s1. The van der Waals surface area contributed by atoms with Crippen LogP contribution in [0.4, 0.5) is 0 Å². The second-order valence-electron chi connectivity index (χ2n) is 4.56. The second-order valence-corrected chi connectivity index (χ2v) is 4.56. The monoisotopic (exact) mass is 263 g/mol. The van der Waals surface area contributed by atoms with Crippen LogP contribution in [0, 0.1) is 20.8 Å². The number of nitrogens with zero attached hydrogens (tertiary/aromatic N) is 4. The number of hydrogen-bond acceptors (Lipinski definition) is 5. The van der Waals surface area contributed by atoms with Crippen molar-refractivity contribution < 1.29 is 9.42 Å². The van der Waals surface area contributed by atoms with E-state index in [0.29, 0.717) is 17.9 Å². The van der Waals surface area contributed by atoms with E-state index in [-0.39, 0.29) is 11.9 Å². The first-order valence-electron chi connectivity index (χ1n) is 6.07. The van der Waals surface area contributed by atoms with Gasteiger partial charge in [0.1, 0.15) is 17.4 Å². The van der Waals surface area contributed by atoms with Gasteiger partial charge in [0.15, 0.2) is 0 Å². The maximum atomic E-state index is 12.1. The van der Waals surface area contributed by atoms with Crippen LogP contribution in [0.3, 0.4) is 0 Å². The summed E-state index contributed by atoms with van der Waals surface area (Å²) in [5, 5.41) is 14.5. The zero-order chi connectivity index (χ0) is 14.0. The van der Waals surface area contributed by atoms with Crippen LogP contribution < -0.4 is 5.32 Å². The van der Waals surface area contributed by atoms with Gasteiger partial charge < -0.3 is 5.32 Å². The SMILES string of the molecule is Cc1cc(C)n([C@@H](C)C(=O)NCc2nonc2C)n1. The van der Waals surface area contributed by atoms with Crippen molar-refractivity contribution in [2.75, 3.05) is 0 Å². The van der Waals surface area contributed by atoms with Gasteiger partial charge in [0.2, 0.25) is 5.91 Å². The van der Waals surface area contributed by atoms with Crippen molar-refractivity contribution in [1.29, 1.82) is 0 Å². The van der Waals surface area contributed by atoms with Crippen molar-refractivity contribution in [2.45, 2.75) is 40.3 Å². The maximum absolute atomic E-state index is 12.1. The normalized spacial score (nSPS) is 12.4. The van der Waals surface area contributed by atoms with Crippen molar-refractivity contribution in [3.63, 3.8) is 0 Å². The summed E-state index contributed by atoms with van der Waals surface area (Å²) in [5.74, 6) is -0.117. The molecule has 0 spiro atoms. The lowest BCUT2D eigenvalue weighted by molar-refractivity contribution is -0.124. The molecule has 1 amide bonds. The summed E-state index contributed by atoms with van der Waals surface area (Å²) in [7, 11) is 0. The predicted octanol–water partition coefficient (Wildman–Crippen LogP) is 1.07. The summed E-state index contributed by atoms with van der Waals surface area (Å²) in [6.07, 6.45) is 0. The molecular weight excluding hydrogens is 246 g/mol. The third kappa shape index (κ3) is 2.81. The molecule has 1 atom stereocenters. The Labute approximate surface area is 110 Å². The Hall–Kier alpha value is -2.18. The average Bonchev–Trinajstić information content (AvgIpc) is 2.91. The van der Waals surface area contributed by atoms with Crippen LogP contribution in [0.2, 0.25) is 0 Å². The molecule has 0 fully saturated rings. The molecule has 2 aromatic rings. The Morgan fingerprint density at radius 1 is 1.42 bits per heavy atom. The number of rotatable bonds is 4. The van der Waals surface area contributed by atoms with Gasteiger partial charge in [-0.2, -0.15) is 5.10 Å². The Bertz CT molecular complexity index is 587. The first-order valence-corrected chi connectivity index (χ1v) is 6.07. The molecule has 0 saturated carbocycles. The molecule has 2 aromatic heterocycles. The molecule has 0 aliphatic carbocycles. The first-order chi connectivity index (χ1) is 8.99. The third-order valence-electron chi connectivity index (χ3n) is 2.97. The molecule has 0 aliphatic rings. The second kappa shape index (κ2) is 5.21. The molecular formula is C12H17N5O2. The van der Waals surface area contributed by atoms with Crippen molar-refractivity contribution >= 4 is 5.91 Å². The zero-order valence-corrected chi connectivity index (χ0v) is 11.5. The lowest BCUT2D eigenvalue weighted by Crippen LogP contribution is -2.31. The fourth-order valence-corrected chi connectivity index (χ4v) is 1.88. The van der Waals surface area contributed by atoms with E-state index in [2.05, 4.69) is 25.4 Å². The van der Waals surface area contributed by atoms with Crippen LogP contribution in [-0.2, 0) is 11.3 Å². The Kier molecular flexibility index (Phi) is 3.64. The predicted molar refractivity (Wildman–Crippen MR) is 67.3 cm³/mol. The number of nitrogens with one attached hydrogen (secondary N) is 1. The molecule has 0 aromatic carbocycles. The quantitative estimate of drug-likeness (QED) is 0.891. The van der Waals surface area contributed by atoms with E-state index in [1.165, 1.54) is 0 Å². The van der Waals surface area contributed by atoms with Crippen LogP contribution in [0.15, 0.2) is 10.7 Å². The number of amides is 1. The number of hydrogen-bond donors (Lipinski definition) is 1. The lowest BCUT2D eigenvalue weighted by Gasteiger charge is -2.13. The first kappa shape index (κ1) is 13.3. The summed E-state index contributed by atoms with van der Waals surface area (Å²) in [6.45, 7) is 7.72. The van der Waals surface area contributed by atoms with Gasteiger partial charge in [-0.3, -0.25) is 9.48 Å². The van der Waals surface area contributed by atoms with E-state index in [4.69, 9.17) is 0 Å². The third-order valence-corrected chi connectivity index (χ3v) is 2.97. The summed E-state index contributed by atoms with van der Waals surface area (Å²) >= 11 is 0. The van der Waals surface area contributed by atoms with E-state index in [1.807, 2.05) is 26.8 Å². The molecule has 19 heavy (non-hydrogen) atoms. The van der Waals surface area contributed by atoms with Gasteiger partial charge in [-0.05, 0) is 33.8 Å². The van der Waals surface area contributed by atoms with E-state index < -0.39 is 0 Å². The maximum Gasteiger partial charge on any atom is 0.244 e. The van der Waals surface area contributed by atoms with Crippen LogP contribution in [0.1, 0.15) is 35.7 Å². The van der Waals surface area contributed by atoms with Gasteiger partial charge in [0, 0.05) is 5.69 Å². The largest absolute Gasteiger partial charge is 0.348 e. The zero-order valence-electron chi connectivity index (χ0n) is 11.5. The minimum atomic E-state index is -0.367. The van der Waals surface area contributed by atoms with Crippen molar-refractivity contribution in [3.05, 3.63) is 28.8 Å². The van der Waals surface area contributed by atoms with E-state index in [9.17, 15) is 4.79 Å². The highest BCUT2D eigenvalue weighted by atomic mass is 16.6. The summed E-state index contributed by atoms with van der Waals surface area (Å²) in [4.78, 5) is 12.1. The molecule has 1 N–H and O–H groups in total. The molecule has 7 nitrogen and oxygen atoms in total. The van der Waals surface area contributed by atoms with Crippen molar-refractivity contribution in [2.24, 2.45) is 0 Å². The molecule has 0 saturated heterocycles. The van der Waals surface area contributed by atoms with Crippen molar-refractivity contribution in [1.82, 2.24) is 25.4 Å². The molecule has 2 heterocycles. The van der Waals surface area contributed by atoms with Crippen LogP contribution in [-0.4, -0.2) is 26.0 Å². The summed E-state index contributed by atoms with van der Waals surface area (Å²) < 4.78 is 6.28. The molecule has 0 radical (unpaired) electrons. The molecule has 0 aliphatic heterocycles. The van der Waals surface area contributed by atoms with E-state index >= 15 is 0 Å². The van der Waals surface area contributed by atoms with Crippen LogP contribution in [0.25, 0.3) is 0 Å². The van der Waals surface area contributed by atoms with Crippen LogP contribution >= 0.6 is 0 Å². The minimum absolute atomic E-state index is 0.117. The van der Waals surface area contributed by atoms with Gasteiger partial charge in [-0.1, -0.05) is 10.3 Å². The fraction of sp³-hybridized carbons (Fsp3) is 0.500. The van der Waals surface area contributed by atoms with Gasteiger partial charge in [0.25, 0.3) is 0 Å². The van der Waals surface area contributed by atoms with Gasteiger partial charge >= 0.3 is 0 Å². The fourth-order valence-electron chi connectivity index (χ4n) is 1.88. The average molecular weight is 263 g/mol. The highest BCUT2D eigenvalue weighted by Gasteiger charge is 2.18. The molecule has 2 rings (SSSR count). The van der Waals surface area contributed by atoms with Gasteiger partial charge in [-0.15, -0.1) is 0 Å². The van der Waals surface area contributed by atoms with Crippen LogP contribution in [0.5, 0.6) is 0 Å². The Morgan fingerprint density at radius 2 is 2.16 bits per heavy atom. The molecule has 0 unspecified atom stereocenters. The molecule has 0 bridgehead atoms. The molecule has 102 valence electrons. The van der Waals surface area contributed by atoms with E-state index in [0.717, 1.165) is 11.4 Å². The van der Waals surface area contributed by atoms with Gasteiger partial charge in [-0.25, -0.2) is 4.63 Å². The summed E-state index contributed by atoms with van der Waals surface area (Å²) in [5.41, 5.74) is 3.17. The number of carbonyl (C=O) groups is 1. The highest BCUT2D eigenvalue weighted by Crippen LogP contribution is 2.11. The minimum Gasteiger partial charge on any atom is -0.348 e. The number of aromatic nitrogens is 4. The number of carbonyl (C=O) groups excluding carboxylic acids is 1. The Morgan fingerprint density at radius 3 is 2.68 bits per heavy atom. The summed E-state index contributed by atoms with van der Waals surface area (Å²) in [6, 6.07) is 1.57. The lowest BCUT2D eigenvalue weighted by atomic mass is 10.3. The number of aryl methyl sites for hydroxylation is 3. The topological polar surface area (TPSA) is 85.8 Å². The van der Waals surface area contributed by atoms with Crippen molar-refractivity contribution in [3.8, 4) is 0 Å². The smallest absolute Gasteiger partial charge is 0.244 e.